The van der Waals surface area contributed by atoms with Crippen molar-refractivity contribution < 1.29 is 14.7 Å². The first-order valence-corrected chi connectivity index (χ1v) is 30.7. The van der Waals surface area contributed by atoms with E-state index in [0.717, 1.165) is 24.9 Å². The fraction of sp³-hybridized carbons (Fsp3) is 0.873. The summed E-state index contributed by atoms with van der Waals surface area (Å²) in [4.78, 5) is 22.6. The number of rotatable bonds is 57. The van der Waals surface area contributed by atoms with Gasteiger partial charge in [0.1, 0.15) is 0 Å². The lowest BCUT2D eigenvalue weighted by atomic mass is 10.0. The average Bonchev–Trinajstić information content (AvgIpc) is 3.33. The molecule has 0 atom stereocenters. The molecule has 392 valence electrons. The average molecular weight is 937 g/mol. The highest BCUT2D eigenvalue weighted by atomic mass is 16.4. The Labute approximate surface area is 419 Å². The van der Waals surface area contributed by atoms with Gasteiger partial charge < -0.3 is 10.4 Å². The van der Waals surface area contributed by atoms with E-state index < -0.39 is 5.97 Å². The van der Waals surface area contributed by atoms with E-state index >= 15 is 0 Å². The molecule has 4 heteroatoms. The van der Waals surface area contributed by atoms with Gasteiger partial charge in [0.15, 0.2) is 0 Å². The van der Waals surface area contributed by atoms with Crippen molar-refractivity contribution in [2.24, 2.45) is 0 Å². The van der Waals surface area contributed by atoms with Gasteiger partial charge in [0.05, 0.1) is 0 Å². The summed E-state index contributed by atoms with van der Waals surface area (Å²) in [6.07, 6.45) is 75.6. The predicted molar refractivity (Wildman–Crippen MR) is 297 cm³/mol. The summed E-state index contributed by atoms with van der Waals surface area (Å²) in [6, 6.07) is 9.79. The number of carbonyl (C=O) groups excluding carboxylic acids is 1. The summed E-state index contributed by atoms with van der Waals surface area (Å²) in [5, 5.41) is 11.7. The fourth-order valence-electron chi connectivity index (χ4n) is 10.3. The van der Waals surface area contributed by atoms with E-state index in [2.05, 4.69) is 5.32 Å². The summed E-state index contributed by atoms with van der Waals surface area (Å²) >= 11 is 0. The summed E-state index contributed by atoms with van der Waals surface area (Å²) < 4.78 is 0. The molecule has 1 aromatic carbocycles. The van der Waals surface area contributed by atoms with Gasteiger partial charge in [-0.05, 0) is 25.0 Å². The van der Waals surface area contributed by atoms with E-state index in [1.54, 1.807) is 0 Å². The van der Waals surface area contributed by atoms with Crippen LogP contribution in [0.15, 0.2) is 30.3 Å². The van der Waals surface area contributed by atoms with E-state index in [4.69, 9.17) is 5.11 Å². The number of anilines is 1. The lowest BCUT2D eigenvalue weighted by molar-refractivity contribution is -0.137. The zero-order chi connectivity index (χ0) is 47.9. The zero-order valence-electron chi connectivity index (χ0n) is 45.0. The molecule has 0 heterocycles. The first-order chi connectivity index (χ1) is 33.2. The van der Waals surface area contributed by atoms with Crippen LogP contribution in [0.3, 0.4) is 0 Å². The Bertz CT molecular complexity index is 1110. The fourth-order valence-corrected chi connectivity index (χ4v) is 10.3. The number of carbonyl (C=O) groups is 2. The van der Waals surface area contributed by atoms with Crippen molar-refractivity contribution in [3.05, 3.63) is 30.3 Å². The Kier molecular flexibility index (Phi) is 51.9. The Balaban J connectivity index is 1.60. The van der Waals surface area contributed by atoms with Gasteiger partial charge in [-0.1, -0.05) is 346 Å². The van der Waals surface area contributed by atoms with Gasteiger partial charge in [-0.25, -0.2) is 0 Å². The normalized spacial score (nSPS) is 11.5. The molecule has 0 aliphatic heterocycles. The number of para-hydroxylation sites is 1. The van der Waals surface area contributed by atoms with Crippen LogP contribution in [0.2, 0.25) is 0 Å². The second kappa shape index (κ2) is 55.1. The van der Waals surface area contributed by atoms with E-state index in [-0.39, 0.29) is 5.91 Å². The molecule has 0 aromatic heterocycles. The molecule has 0 aliphatic rings. The minimum absolute atomic E-state index is 0.149. The van der Waals surface area contributed by atoms with Gasteiger partial charge in [-0.2, -0.15) is 0 Å². The molecule has 0 fully saturated rings. The second-order valence-corrected chi connectivity index (χ2v) is 21.5. The quantitative estimate of drug-likeness (QED) is 0.0640. The number of aliphatic carboxylic acids is 1. The molecular weight excluding hydrogens is 819 g/mol. The monoisotopic (exact) mass is 936 g/mol. The minimum atomic E-state index is -0.648. The predicted octanol–water partition coefficient (Wildman–Crippen LogP) is 22.2. The van der Waals surface area contributed by atoms with E-state index in [9.17, 15) is 9.59 Å². The smallest absolute Gasteiger partial charge is 0.303 e. The van der Waals surface area contributed by atoms with Crippen LogP contribution in [0.4, 0.5) is 5.69 Å². The van der Waals surface area contributed by atoms with Gasteiger partial charge in [0, 0.05) is 18.5 Å². The number of hydrogen-bond acceptors (Lipinski definition) is 2. The Morgan fingerprint density at radius 3 is 0.597 bits per heavy atom. The maximum Gasteiger partial charge on any atom is 0.303 e. The zero-order valence-corrected chi connectivity index (χ0v) is 45.0. The maximum atomic E-state index is 12.0. The molecule has 1 rings (SSSR count). The van der Waals surface area contributed by atoms with E-state index in [1.165, 1.54) is 321 Å². The third-order valence-corrected chi connectivity index (χ3v) is 14.9. The highest BCUT2D eigenvalue weighted by Gasteiger charge is 2.03. The molecule has 0 aliphatic carbocycles. The van der Waals surface area contributed by atoms with Crippen molar-refractivity contribution in [1.29, 1.82) is 0 Å². The molecule has 2 N–H and O–H groups in total. The largest absolute Gasteiger partial charge is 0.481 e. The van der Waals surface area contributed by atoms with Crippen LogP contribution < -0.4 is 5.32 Å². The van der Waals surface area contributed by atoms with Gasteiger partial charge in [0.2, 0.25) is 5.91 Å². The first-order valence-electron chi connectivity index (χ1n) is 30.7. The molecule has 0 radical (unpaired) electrons. The van der Waals surface area contributed by atoms with Crippen LogP contribution in [-0.4, -0.2) is 17.0 Å². The van der Waals surface area contributed by atoms with Gasteiger partial charge in [-0.3, -0.25) is 9.59 Å². The molecule has 1 aromatic rings. The maximum absolute atomic E-state index is 12.0. The molecule has 0 saturated carbocycles. The number of amides is 1. The van der Waals surface area contributed by atoms with Gasteiger partial charge in [-0.15, -0.1) is 0 Å². The highest BCUT2D eigenvalue weighted by molar-refractivity contribution is 5.90. The minimum Gasteiger partial charge on any atom is -0.481 e. The van der Waals surface area contributed by atoms with Crippen LogP contribution in [0, 0.1) is 0 Å². The van der Waals surface area contributed by atoms with Crippen LogP contribution in [0.1, 0.15) is 353 Å². The first kappa shape index (κ1) is 63.2. The van der Waals surface area contributed by atoms with Crippen LogP contribution in [-0.2, 0) is 9.59 Å². The van der Waals surface area contributed by atoms with Gasteiger partial charge in [0.25, 0.3) is 0 Å². The lowest BCUT2D eigenvalue weighted by Gasteiger charge is -2.05. The number of nitrogens with one attached hydrogen (secondary N) is 1. The summed E-state index contributed by atoms with van der Waals surface area (Å²) in [5.41, 5.74) is 0.905. The molecular formula is C63H117NO3. The van der Waals surface area contributed by atoms with Crippen molar-refractivity contribution in [1.82, 2.24) is 0 Å². The number of carboxylic acid groups (broad SMARTS) is 1. The molecule has 67 heavy (non-hydrogen) atoms. The Hall–Kier alpha value is -1.84. The third kappa shape index (κ3) is 53.4. The summed E-state index contributed by atoms with van der Waals surface area (Å²) in [7, 11) is 0. The van der Waals surface area contributed by atoms with Crippen molar-refractivity contribution >= 4 is 17.6 Å². The van der Waals surface area contributed by atoms with Crippen molar-refractivity contribution in [3.8, 4) is 0 Å². The molecule has 0 saturated heterocycles. The third-order valence-electron chi connectivity index (χ3n) is 14.9. The van der Waals surface area contributed by atoms with Crippen molar-refractivity contribution in [2.75, 3.05) is 5.32 Å². The highest BCUT2D eigenvalue weighted by Crippen LogP contribution is 2.20. The summed E-state index contributed by atoms with van der Waals surface area (Å²) in [5.74, 6) is -0.499. The van der Waals surface area contributed by atoms with Crippen LogP contribution >= 0.6 is 0 Å². The van der Waals surface area contributed by atoms with Crippen molar-refractivity contribution in [3.63, 3.8) is 0 Å². The second-order valence-electron chi connectivity index (χ2n) is 21.5. The molecule has 4 nitrogen and oxygen atoms in total. The van der Waals surface area contributed by atoms with Crippen molar-refractivity contribution in [2.45, 2.75) is 353 Å². The number of unbranched alkanes of at least 4 members (excludes halogenated alkanes) is 52. The summed E-state index contributed by atoms with van der Waals surface area (Å²) in [6.45, 7) is 0. The van der Waals surface area contributed by atoms with Crippen LogP contribution in [0.25, 0.3) is 0 Å². The Morgan fingerprint density at radius 2 is 0.418 bits per heavy atom. The van der Waals surface area contributed by atoms with Gasteiger partial charge >= 0.3 is 5.97 Å². The molecule has 0 bridgehead atoms. The molecule has 1 amide bonds. The standard InChI is InChI=1S/C63H117NO3/c65-62(64-61-57-53-52-54-58-61)59-55-50-48-46-44-42-40-38-36-34-32-30-28-26-24-22-20-18-16-14-12-10-8-6-4-2-1-3-5-7-9-11-13-15-17-19-21-23-25-27-29-31-33-35-37-39-41-43-45-47-49-51-56-60-63(66)67/h52-54,57-58H,1-51,55-56,59-60H2,(H,64,65)(H,66,67). The van der Waals surface area contributed by atoms with E-state index in [1.807, 2.05) is 30.3 Å². The molecule has 0 unspecified atom stereocenters. The number of hydrogen-bond donors (Lipinski definition) is 2. The Morgan fingerprint density at radius 1 is 0.254 bits per heavy atom. The lowest BCUT2D eigenvalue weighted by Crippen LogP contribution is -2.10. The molecule has 0 spiro atoms. The number of benzene rings is 1. The van der Waals surface area contributed by atoms with Crippen LogP contribution in [0.5, 0.6) is 0 Å². The number of carboxylic acids is 1. The topological polar surface area (TPSA) is 66.4 Å². The van der Waals surface area contributed by atoms with E-state index in [0.29, 0.717) is 12.8 Å². The SMILES string of the molecule is O=C(O)CCCCCCCCCCCCCCCCCCCCCCCCCCCCCCCCCCCCCCCCCCCCCCCCCCCCCCCC(=O)Nc1ccccc1.